The second kappa shape index (κ2) is 6.27. The molecule has 1 N–H and O–H groups in total. The third-order valence-corrected chi connectivity index (χ3v) is 2.79. The van der Waals surface area contributed by atoms with Gasteiger partial charge in [-0.3, -0.25) is 4.98 Å². The van der Waals surface area contributed by atoms with E-state index in [1.807, 2.05) is 18.2 Å². The lowest BCUT2D eigenvalue weighted by Gasteiger charge is -2.11. The molecule has 0 atom stereocenters. The van der Waals surface area contributed by atoms with Gasteiger partial charge in [0.1, 0.15) is 11.6 Å². The van der Waals surface area contributed by atoms with Gasteiger partial charge in [0, 0.05) is 36.5 Å². The zero-order valence-electron chi connectivity index (χ0n) is 11.7. The Bertz CT molecular complexity index is 523. The Labute approximate surface area is 114 Å². The van der Waals surface area contributed by atoms with Crippen LogP contribution in [0, 0.1) is 0 Å². The second-order valence-electron chi connectivity index (χ2n) is 4.81. The number of hydrogen-bond donors (Lipinski definition) is 1. The quantitative estimate of drug-likeness (QED) is 0.889. The first-order chi connectivity index (χ1) is 9.20. The van der Waals surface area contributed by atoms with Gasteiger partial charge in [-0.25, -0.2) is 9.97 Å². The van der Waals surface area contributed by atoms with Crippen LogP contribution in [0.2, 0.25) is 0 Å². The molecule has 0 unspecified atom stereocenters. The van der Waals surface area contributed by atoms with E-state index in [1.54, 1.807) is 12.4 Å². The predicted octanol–water partition coefficient (Wildman–Crippen LogP) is 3.48. The molecular formula is C15H20N4. The molecule has 2 rings (SSSR count). The van der Waals surface area contributed by atoms with Crippen LogP contribution in [0.15, 0.2) is 30.6 Å². The van der Waals surface area contributed by atoms with Crippen molar-refractivity contribution in [2.45, 2.75) is 33.1 Å². The van der Waals surface area contributed by atoms with Crippen LogP contribution >= 0.6 is 0 Å². The highest BCUT2D eigenvalue weighted by atomic mass is 15.0. The lowest BCUT2D eigenvalue weighted by molar-refractivity contribution is 0.775. The van der Waals surface area contributed by atoms with Gasteiger partial charge in [0.25, 0.3) is 0 Å². The highest BCUT2D eigenvalue weighted by Gasteiger charge is 2.09. The zero-order chi connectivity index (χ0) is 13.7. The summed E-state index contributed by atoms with van der Waals surface area (Å²) in [7, 11) is 0. The maximum absolute atomic E-state index is 4.63. The van der Waals surface area contributed by atoms with Crippen molar-refractivity contribution in [3.8, 4) is 11.3 Å². The number of anilines is 1. The Hall–Kier alpha value is -1.97. The average molecular weight is 256 g/mol. The zero-order valence-corrected chi connectivity index (χ0v) is 11.7. The SMILES string of the molecule is CCCNc1cc(-c2ccncc2)nc(C(C)C)n1. The minimum absolute atomic E-state index is 0.309. The molecule has 2 aromatic rings. The number of nitrogens with zero attached hydrogens (tertiary/aromatic N) is 3. The van der Waals surface area contributed by atoms with E-state index in [0.29, 0.717) is 5.92 Å². The first-order valence-corrected chi connectivity index (χ1v) is 6.74. The molecule has 19 heavy (non-hydrogen) atoms. The van der Waals surface area contributed by atoms with Crippen LogP contribution in [0.4, 0.5) is 5.82 Å². The summed E-state index contributed by atoms with van der Waals surface area (Å²) in [5.74, 6) is 2.07. The lowest BCUT2D eigenvalue weighted by Crippen LogP contribution is -2.07. The van der Waals surface area contributed by atoms with Crippen LogP contribution in [-0.2, 0) is 0 Å². The molecule has 2 heterocycles. The van der Waals surface area contributed by atoms with Gasteiger partial charge < -0.3 is 5.32 Å². The van der Waals surface area contributed by atoms with E-state index in [2.05, 4.69) is 41.0 Å². The Balaban J connectivity index is 2.39. The summed E-state index contributed by atoms with van der Waals surface area (Å²) in [5, 5.41) is 3.33. The molecule has 100 valence electrons. The molecule has 0 amide bonds. The normalized spacial score (nSPS) is 10.7. The topological polar surface area (TPSA) is 50.7 Å². The third-order valence-electron chi connectivity index (χ3n) is 2.79. The molecule has 0 saturated heterocycles. The van der Waals surface area contributed by atoms with Crippen LogP contribution < -0.4 is 5.32 Å². The summed E-state index contributed by atoms with van der Waals surface area (Å²) in [6, 6.07) is 5.93. The molecule has 0 spiro atoms. The molecule has 0 radical (unpaired) electrons. The van der Waals surface area contributed by atoms with Crippen molar-refractivity contribution in [1.82, 2.24) is 15.0 Å². The summed E-state index contributed by atoms with van der Waals surface area (Å²) in [4.78, 5) is 13.2. The van der Waals surface area contributed by atoms with Crippen molar-refractivity contribution in [3.63, 3.8) is 0 Å². The van der Waals surface area contributed by atoms with Crippen LogP contribution in [0.5, 0.6) is 0 Å². The number of hydrogen-bond acceptors (Lipinski definition) is 4. The first-order valence-electron chi connectivity index (χ1n) is 6.74. The van der Waals surface area contributed by atoms with Gasteiger partial charge >= 0.3 is 0 Å². The Morgan fingerprint density at radius 2 is 1.89 bits per heavy atom. The molecule has 0 aliphatic heterocycles. The minimum atomic E-state index is 0.309. The lowest BCUT2D eigenvalue weighted by atomic mass is 10.1. The molecule has 2 aromatic heterocycles. The van der Waals surface area contributed by atoms with Crippen molar-refractivity contribution in [2.75, 3.05) is 11.9 Å². The van der Waals surface area contributed by atoms with Crippen molar-refractivity contribution in [3.05, 3.63) is 36.4 Å². The summed E-state index contributed by atoms with van der Waals surface area (Å²) < 4.78 is 0. The Morgan fingerprint density at radius 3 is 2.53 bits per heavy atom. The summed E-state index contributed by atoms with van der Waals surface area (Å²) >= 11 is 0. The Morgan fingerprint density at radius 1 is 1.16 bits per heavy atom. The van der Waals surface area contributed by atoms with Crippen molar-refractivity contribution < 1.29 is 0 Å². The number of pyridine rings is 1. The number of nitrogens with one attached hydrogen (secondary N) is 1. The molecule has 4 heteroatoms. The molecule has 4 nitrogen and oxygen atoms in total. The second-order valence-corrected chi connectivity index (χ2v) is 4.81. The van der Waals surface area contributed by atoms with Gasteiger partial charge in [-0.15, -0.1) is 0 Å². The summed E-state index contributed by atoms with van der Waals surface area (Å²) in [5.41, 5.74) is 2.01. The minimum Gasteiger partial charge on any atom is -0.370 e. The van der Waals surface area contributed by atoms with Crippen molar-refractivity contribution in [1.29, 1.82) is 0 Å². The van der Waals surface area contributed by atoms with Crippen LogP contribution in [0.1, 0.15) is 38.9 Å². The molecule has 0 saturated carbocycles. The van der Waals surface area contributed by atoms with E-state index in [-0.39, 0.29) is 0 Å². The maximum atomic E-state index is 4.63. The molecule has 0 bridgehead atoms. The third kappa shape index (κ3) is 3.50. The highest BCUT2D eigenvalue weighted by Crippen LogP contribution is 2.21. The van der Waals surface area contributed by atoms with Gasteiger partial charge in [-0.2, -0.15) is 0 Å². The number of rotatable bonds is 5. The first kappa shape index (κ1) is 13.5. The van der Waals surface area contributed by atoms with Gasteiger partial charge in [-0.1, -0.05) is 20.8 Å². The molecular weight excluding hydrogens is 236 g/mol. The number of aromatic nitrogens is 3. The van der Waals surface area contributed by atoms with E-state index >= 15 is 0 Å². The summed E-state index contributed by atoms with van der Waals surface area (Å²) in [6.07, 6.45) is 4.64. The fraction of sp³-hybridized carbons (Fsp3) is 0.400. The van der Waals surface area contributed by atoms with Gasteiger partial charge in [0.05, 0.1) is 5.69 Å². The van der Waals surface area contributed by atoms with Crippen LogP contribution in [0.3, 0.4) is 0 Å². The van der Waals surface area contributed by atoms with Crippen molar-refractivity contribution >= 4 is 5.82 Å². The monoisotopic (exact) mass is 256 g/mol. The van der Waals surface area contributed by atoms with Gasteiger partial charge in [0.15, 0.2) is 0 Å². The van der Waals surface area contributed by atoms with E-state index in [9.17, 15) is 0 Å². The highest BCUT2D eigenvalue weighted by molar-refractivity contribution is 5.61. The Kier molecular flexibility index (Phi) is 4.44. The van der Waals surface area contributed by atoms with E-state index < -0.39 is 0 Å². The maximum Gasteiger partial charge on any atom is 0.133 e. The van der Waals surface area contributed by atoms with E-state index in [4.69, 9.17) is 0 Å². The average Bonchev–Trinajstić information content (AvgIpc) is 2.45. The summed E-state index contributed by atoms with van der Waals surface area (Å²) in [6.45, 7) is 7.27. The fourth-order valence-corrected chi connectivity index (χ4v) is 1.74. The molecule has 0 aromatic carbocycles. The molecule has 0 aliphatic carbocycles. The molecule has 0 fully saturated rings. The smallest absolute Gasteiger partial charge is 0.133 e. The largest absolute Gasteiger partial charge is 0.370 e. The van der Waals surface area contributed by atoms with Crippen LogP contribution in [-0.4, -0.2) is 21.5 Å². The van der Waals surface area contributed by atoms with Crippen molar-refractivity contribution in [2.24, 2.45) is 0 Å². The van der Waals surface area contributed by atoms with E-state index in [0.717, 1.165) is 35.9 Å². The van der Waals surface area contributed by atoms with Gasteiger partial charge in [0.2, 0.25) is 0 Å². The molecule has 0 aliphatic rings. The van der Waals surface area contributed by atoms with Gasteiger partial charge in [-0.05, 0) is 18.6 Å². The predicted molar refractivity (Wildman–Crippen MR) is 78.1 cm³/mol. The van der Waals surface area contributed by atoms with E-state index in [1.165, 1.54) is 0 Å². The standard InChI is InChI=1S/C15H20N4/c1-4-7-17-14-10-13(12-5-8-16-9-6-12)18-15(19-14)11(2)3/h5-6,8-11H,4,7H2,1-3H3,(H,17,18,19). The fourth-order valence-electron chi connectivity index (χ4n) is 1.74. The van der Waals surface area contributed by atoms with Crippen LogP contribution in [0.25, 0.3) is 11.3 Å².